The number of carbonyl (C=O) groups excluding carboxylic acids is 4. The van der Waals surface area contributed by atoms with E-state index in [2.05, 4.69) is 34.6 Å². The lowest BCUT2D eigenvalue weighted by molar-refractivity contribution is -0.161. The maximum atomic E-state index is 13.1. The minimum Gasteiger partial charge on any atom is -0.462 e. The molecule has 0 heterocycles. The van der Waals surface area contributed by atoms with E-state index in [-0.39, 0.29) is 25.7 Å². The number of hydrogen-bond acceptors (Lipinski definition) is 15. The molecule has 606 valence electrons. The molecule has 0 aromatic heterocycles. The van der Waals surface area contributed by atoms with Gasteiger partial charge < -0.3 is 33.8 Å². The topological polar surface area (TPSA) is 237 Å². The summed E-state index contributed by atoms with van der Waals surface area (Å²) in [4.78, 5) is 73.0. The SMILES string of the molecule is CCCCCCCCCCCCCCCCCCCCCCCCC(=O)O[C@H](COC(=O)CCCCCCCCCCCCCCCCC(C)C)COP(=O)(O)OC[C@@H](O)COP(=O)(O)OC[C@@H](COC(=O)CCCCCCCCCC)OC(=O)CCCCCCCCCCCCCCCCC. The van der Waals surface area contributed by atoms with Crippen LogP contribution >= 0.6 is 15.6 Å². The summed E-state index contributed by atoms with van der Waals surface area (Å²) >= 11 is 0. The number of hydrogen-bond donors (Lipinski definition) is 3. The number of aliphatic hydroxyl groups excluding tert-OH is 1. The van der Waals surface area contributed by atoms with Crippen LogP contribution in [0.1, 0.15) is 446 Å². The molecular weight excluding hydrogens is 1330 g/mol. The van der Waals surface area contributed by atoms with E-state index in [4.69, 9.17) is 37.0 Å². The Hall–Kier alpha value is -1.94. The minimum absolute atomic E-state index is 0.108. The molecule has 2 unspecified atom stereocenters. The first-order valence-electron chi connectivity index (χ1n) is 43.1. The Kier molecular flexibility index (Phi) is 74.4. The Labute approximate surface area is 626 Å². The number of esters is 4. The average molecular weight is 1490 g/mol. The van der Waals surface area contributed by atoms with E-state index in [0.29, 0.717) is 25.7 Å². The van der Waals surface area contributed by atoms with E-state index in [1.807, 2.05) is 0 Å². The summed E-state index contributed by atoms with van der Waals surface area (Å²) in [5, 5.41) is 10.6. The molecule has 0 aliphatic heterocycles. The average Bonchev–Trinajstić information content (AvgIpc) is 0.943. The van der Waals surface area contributed by atoms with E-state index < -0.39 is 97.5 Å². The molecule has 0 aromatic rings. The molecule has 5 atom stereocenters. The van der Waals surface area contributed by atoms with E-state index in [1.165, 1.54) is 270 Å². The van der Waals surface area contributed by atoms with Gasteiger partial charge in [-0.1, -0.05) is 394 Å². The summed E-state index contributed by atoms with van der Waals surface area (Å²) in [6.45, 7) is 7.34. The maximum absolute atomic E-state index is 13.1. The van der Waals surface area contributed by atoms with Gasteiger partial charge in [0, 0.05) is 25.7 Å². The fourth-order valence-corrected chi connectivity index (χ4v) is 14.5. The van der Waals surface area contributed by atoms with E-state index in [9.17, 15) is 43.2 Å². The molecule has 0 aromatic carbocycles. The molecule has 17 nitrogen and oxygen atoms in total. The van der Waals surface area contributed by atoms with Crippen molar-refractivity contribution in [3.05, 3.63) is 0 Å². The van der Waals surface area contributed by atoms with Crippen LogP contribution in [0, 0.1) is 5.92 Å². The van der Waals surface area contributed by atoms with Gasteiger partial charge in [0.05, 0.1) is 26.4 Å². The normalized spacial score (nSPS) is 13.8. The van der Waals surface area contributed by atoms with Gasteiger partial charge in [0.1, 0.15) is 19.3 Å². The highest BCUT2D eigenvalue weighted by Crippen LogP contribution is 2.45. The first-order chi connectivity index (χ1) is 49.5. The number of rotatable bonds is 83. The van der Waals surface area contributed by atoms with Crippen LogP contribution in [-0.2, 0) is 65.4 Å². The lowest BCUT2D eigenvalue weighted by Gasteiger charge is -2.21. The summed E-state index contributed by atoms with van der Waals surface area (Å²) in [5.74, 6) is -1.31. The number of ether oxygens (including phenoxy) is 4. The van der Waals surface area contributed by atoms with Crippen molar-refractivity contribution in [1.29, 1.82) is 0 Å². The van der Waals surface area contributed by atoms with Crippen LogP contribution < -0.4 is 0 Å². The van der Waals surface area contributed by atoms with Crippen molar-refractivity contribution >= 4 is 39.5 Å². The largest absolute Gasteiger partial charge is 0.472 e. The van der Waals surface area contributed by atoms with E-state index in [0.717, 1.165) is 95.8 Å². The molecule has 0 rings (SSSR count). The third kappa shape index (κ3) is 76.3. The molecule has 3 N–H and O–H groups in total. The molecule has 0 spiro atoms. The fraction of sp³-hybridized carbons (Fsp3) is 0.952. The van der Waals surface area contributed by atoms with Crippen LogP contribution in [0.15, 0.2) is 0 Å². The van der Waals surface area contributed by atoms with E-state index >= 15 is 0 Å². The van der Waals surface area contributed by atoms with Crippen LogP contribution in [-0.4, -0.2) is 96.7 Å². The predicted molar refractivity (Wildman–Crippen MR) is 418 cm³/mol. The fourth-order valence-electron chi connectivity index (χ4n) is 12.9. The lowest BCUT2D eigenvalue weighted by Crippen LogP contribution is -2.30. The summed E-state index contributed by atoms with van der Waals surface area (Å²) in [6.07, 6.45) is 68.2. The monoisotopic (exact) mass is 1490 g/mol. The molecule has 0 amide bonds. The number of aliphatic hydroxyl groups is 1. The second-order valence-electron chi connectivity index (χ2n) is 30.3. The second kappa shape index (κ2) is 75.9. The van der Waals surface area contributed by atoms with Crippen LogP contribution in [0.2, 0.25) is 0 Å². The van der Waals surface area contributed by atoms with Crippen molar-refractivity contribution in [1.82, 2.24) is 0 Å². The predicted octanol–water partition coefficient (Wildman–Crippen LogP) is 25.2. The van der Waals surface area contributed by atoms with Crippen molar-refractivity contribution in [3.8, 4) is 0 Å². The maximum Gasteiger partial charge on any atom is 0.472 e. The van der Waals surface area contributed by atoms with Gasteiger partial charge in [-0.3, -0.25) is 37.3 Å². The Morgan fingerprint density at radius 3 is 0.667 bits per heavy atom. The molecular formula is C83H162O17P2. The summed E-state index contributed by atoms with van der Waals surface area (Å²) in [5.41, 5.74) is 0. The highest BCUT2D eigenvalue weighted by atomic mass is 31.2. The molecule has 0 aliphatic carbocycles. The molecule has 102 heavy (non-hydrogen) atoms. The van der Waals surface area contributed by atoms with Gasteiger partial charge in [-0.25, -0.2) is 9.13 Å². The standard InChI is InChI=1S/C83H162O17P2/c1-6-9-12-15-18-21-23-25-27-28-29-30-31-32-33-35-41-45-49-54-59-64-69-83(88)100-79(73-94-81(86)67-62-57-52-47-43-39-37-36-38-42-46-50-55-60-65-76(4)5)75-98-102(91,92)96-71-77(84)70-95-101(89,90)97-74-78(72-93-80(85)66-61-56-51-20-17-14-11-8-3)99-82(87)68-63-58-53-48-44-40-34-26-24-22-19-16-13-10-7-2/h76-79,84H,6-75H2,1-5H3,(H,89,90)(H,91,92)/t77-,78+,79+/m0/s1. The van der Waals surface area contributed by atoms with Crippen LogP contribution in [0.5, 0.6) is 0 Å². The summed E-state index contributed by atoms with van der Waals surface area (Å²) in [6, 6.07) is 0. The number of carbonyl (C=O) groups is 4. The van der Waals surface area contributed by atoms with Crippen molar-refractivity contribution in [2.75, 3.05) is 39.6 Å². The first-order valence-corrected chi connectivity index (χ1v) is 46.1. The van der Waals surface area contributed by atoms with Gasteiger partial charge in [-0.2, -0.15) is 0 Å². The lowest BCUT2D eigenvalue weighted by atomic mass is 10.0. The summed E-state index contributed by atoms with van der Waals surface area (Å²) < 4.78 is 68.7. The third-order valence-corrected chi connectivity index (χ3v) is 21.4. The van der Waals surface area contributed by atoms with Gasteiger partial charge in [0.2, 0.25) is 0 Å². The van der Waals surface area contributed by atoms with Crippen molar-refractivity contribution in [2.24, 2.45) is 5.92 Å². The smallest absolute Gasteiger partial charge is 0.462 e. The second-order valence-corrected chi connectivity index (χ2v) is 33.3. The minimum atomic E-state index is -4.96. The van der Waals surface area contributed by atoms with Crippen LogP contribution in [0.4, 0.5) is 0 Å². The highest BCUT2D eigenvalue weighted by molar-refractivity contribution is 7.47. The Morgan fingerprint density at radius 2 is 0.451 bits per heavy atom. The molecule has 0 aliphatic rings. The van der Waals surface area contributed by atoms with Crippen LogP contribution in [0.25, 0.3) is 0 Å². The molecule has 19 heteroatoms. The molecule has 0 bridgehead atoms. The molecule has 0 saturated carbocycles. The number of phosphoric ester groups is 2. The molecule has 0 fully saturated rings. The third-order valence-electron chi connectivity index (χ3n) is 19.5. The molecule has 0 radical (unpaired) electrons. The van der Waals surface area contributed by atoms with Gasteiger partial charge in [0.25, 0.3) is 0 Å². The summed E-state index contributed by atoms with van der Waals surface area (Å²) in [7, 11) is -9.92. The Balaban J connectivity index is 5.18. The molecule has 0 saturated heterocycles. The van der Waals surface area contributed by atoms with Gasteiger partial charge in [-0.15, -0.1) is 0 Å². The zero-order chi connectivity index (χ0) is 74.8. The van der Waals surface area contributed by atoms with Crippen molar-refractivity contribution in [2.45, 2.75) is 464 Å². The van der Waals surface area contributed by atoms with Gasteiger partial charge >= 0.3 is 39.5 Å². The van der Waals surface area contributed by atoms with E-state index in [1.54, 1.807) is 0 Å². The highest BCUT2D eigenvalue weighted by Gasteiger charge is 2.30. The van der Waals surface area contributed by atoms with Gasteiger partial charge in [0.15, 0.2) is 12.2 Å². The van der Waals surface area contributed by atoms with Crippen LogP contribution in [0.3, 0.4) is 0 Å². The van der Waals surface area contributed by atoms with Gasteiger partial charge in [-0.05, 0) is 31.6 Å². The quantitative estimate of drug-likeness (QED) is 0.0222. The number of phosphoric acid groups is 2. The zero-order valence-electron chi connectivity index (χ0n) is 66.8. The zero-order valence-corrected chi connectivity index (χ0v) is 68.5. The Morgan fingerprint density at radius 1 is 0.265 bits per heavy atom. The number of unbranched alkanes of at least 4 members (excludes halogenated alkanes) is 55. The first kappa shape index (κ1) is 100. The Bertz CT molecular complexity index is 1940. The van der Waals surface area contributed by atoms with Crippen molar-refractivity contribution < 1.29 is 80.2 Å². The van der Waals surface area contributed by atoms with Crippen molar-refractivity contribution in [3.63, 3.8) is 0 Å².